The summed E-state index contributed by atoms with van der Waals surface area (Å²) in [5.41, 5.74) is 5.33. The van der Waals surface area contributed by atoms with Gasteiger partial charge in [0, 0.05) is 12.4 Å². The maximum absolute atomic E-state index is 11.9. The number of benzene rings is 1. The van der Waals surface area contributed by atoms with Crippen molar-refractivity contribution in [2.24, 2.45) is 0 Å². The van der Waals surface area contributed by atoms with E-state index in [0.717, 1.165) is 0 Å². The van der Waals surface area contributed by atoms with Gasteiger partial charge in [-0.05, 0) is 24.3 Å². The highest BCUT2D eigenvalue weighted by Crippen LogP contribution is 2.16. The molecule has 0 aliphatic rings. The van der Waals surface area contributed by atoms with E-state index in [1.165, 1.54) is 13.3 Å². The molecule has 2 N–H and O–H groups in total. The van der Waals surface area contributed by atoms with E-state index in [0.29, 0.717) is 16.9 Å². The number of carbonyl (C=O) groups is 2. The standard InChI is InChI=1S/C14H13N3O3/c1-20-12-7-3-2-6-11(12)14(19)17-16-13(18)10-5-4-8-15-9-10/h2-9H,1H3,(H,16,18)(H,17,19). The first-order chi connectivity index (χ1) is 9.72. The number of hydrazine groups is 1. The van der Waals surface area contributed by atoms with Crippen LogP contribution in [0.5, 0.6) is 5.75 Å². The summed E-state index contributed by atoms with van der Waals surface area (Å²) in [5.74, 6) is -0.471. The van der Waals surface area contributed by atoms with Crippen LogP contribution in [0.1, 0.15) is 20.7 Å². The molecule has 20 heavy (non-hydrogen) atoms. The van der Waals surface area contributed by atoms with Gasteiger partial charge in [0.05, 0.1) is 18.2 Å². The van der Waals surface area contributed by atoms with Crippen molar-refractivity contribution in [2.75, 3.05) is 7.11 Å². The third kappa shape index (κ3) is 3.11. The van der Waals surface area contributed by atoms with Crippen molar-refractivity contribution in [3.63, 3.8) is 0 Å². The van der Waals surface area contributed by atoms with Crippen LogP contribution in [0.25, 0.3) is 0 Å². The molecule has 2 rings (SSSR count). The van der Waals surface area contributed by atoms with E-state index in [9.17, 15) is 9.59 Å². The summed E-state index contributed by atoms with van der Waals surface area (Å²) in [5, 5.41) is 0. The summed E-state index contributed by atoms with van der Waals surface area (Å²) in [6, 6.07) is 9.96. The normalized spacial score (nSPS) is 9.65. The van der Waals surface area contributed by atoms with Gasteiger partial charge in [0.1, 0.15) is 5.75 Å². The van der Waals surface area contributed by atoms with Crippen LogP contribution in [-0.2, 0) is 0 Å². The molecule has 2 aromatic rings. The molecular formula is C14H13N3O3. The molecular weight excluding hydrogens is 258 g/mol. The summed E-state index contributed by atoms with van der Waals surface area (Å²) in [7, 11) is 1.47. The summed E-state index contributed by atoms with van der Waals surface area (Å²) in [6.45, 7) is 0. The second-order valence-electron chi connectivity index (χ2n) is 3.85. The number of amides is 2. The lowest BCUT2D eigenvalue weighted by atomic mass is 10.2. The molecule has 0 spiro atoms. The van der Waals surface area contributed by atoms with E-state index < -0.39 is 11.8 Å². The Bertz CT molecular complexity index is 614. The molecule has 1 aromatic heterocycles. The van der Waals surface area contributed by atoms with Gasteiger partial charge in [-0.1, -0.05) is 12.1 Å². The maximum Gasteiger partial charge on any atom is 0.273 e. The number of ether oxygens (including phenoxy) is 1. The quantitative estimate of drug-likeness (QED) is 0.821. The highest BCUT2D eigenvalue weighted by Gasteiger charge is 2.12. The van der Waals surface area contributed by atoms with E-state index in [1.54, 1.807) is 42.6 Å². The highest BCUT2D eigenvalue weighted by atomic mass is 16.5. The van der Waals surface area contributed by atoms with Crippen LogP contribution in [0.15, 0.2) is 48.8 Å². The SMILES string of the molecule is COc1ccccc1C(=O)NNC(=O)c1cccnc1. The zero-order valence-corrected chi connectivity index (χ0v) is 10.8. The predicted molar refractivity (Wildman–Crippen MR) is 72.2 cm³/mol. The summed E-state index contributed by atoms with van der Waals surface area (Å²) in [6.07, 6.45) is 2.97. The van der Waals surface area contributed by atoms with Crippen molar-refractivity contribution in [1.82, 2.24) is 15.8 Å². The molecule has 0 radical (unpaired) electrons. The summed E-state index contributed by atoms with van der Waals surface area (Å²) < 4.78 is 5.07. The number of para-hydroxylation sites is 1. The monoisotopic (exact) mass is 271 g/mol. The Kier molecular flexibility index (Phi) is 4.28. The molecule has 0 unspecified atom stereocenters. The first kappa shape index (κ1) is 13.5. The molecule has 0 bridgehead atoms. The van der Waals surface area contributed by atoms with Crippen LogP contribution in [0.4, 0.5) is 0 Å². The fourth-order valence-corrected chi connectivity index (χ4v) is 1.58. The van der Waals surface area contributed by atoms with Gasteiger partial charge in [0.2, 0.25) is 0 Å². The maximum atomic E-state index is 11.9. The van der Waals surface area contributed by atoms with E-state index in [2.05, 4.69) is 15.8 Å². The molecule has 0 aliphatic heterocycles. The van der Waals surface area contributed by atoms with Crippen molar-refractivity contribution in [1.29, 1.82) is 0 Å². The number of hydrogen-bond acceptors (Lipinski definition) is 4. The van der Waals surface area contributed by atoms with Crippen molar-refractivity contribution < 1.29 is 14.3 Å². The molecule has 0 saturated heterocycles. The smallest absolute Gasteiger partial charge is 0.273 e. The largest absolute Gasteiger partial charge is 0.496 e. The van der Waals surface area contributed by atoms with Crippen LogP contribution in [-0.4, -0.2) is 23.9 Å². The molecule has 102 valence electrons. The topological polar surface area (TPSA) is 80.3 Å². The van der Waals surface area contributed by atoms with Gasteiger partial charge in [-0.2, -0.15) is 0 Å². The van der Waals surface area contributed by atoms with Crippen LogP contribution >= 0.6 is 0 Å². The van der Waals surface area contributed by atoms with Crippen LogP contribution in [0, 0.1) is 0 Å². The van der Waals surface area contributed by atoms with Crippen LogP contribution in [0.2, 0.25) is 0 Å². The molecule has 2 amide bonds. The summed E-state index contributed by atoms with van der Waals surface area (Å²) in [4.78, 5) is 27.5. The van der Waals surface area contributed by atoms with Crippen molar-refractivity contribution in [3.8, 4) is 5.75 Å². The minimum atomic E-state index is -0.459. The van der Waals surface area contributed by atoms with Gasteiger partial charge >= 0.3 is 0 Å². The third-order valence-electron chi connectivity index (χ3n) is 2.56. The fourth-order valence-electron chi connectivity index (χ4n) is 1.58. The Morgan fingerprint density at radius 2 is 1.80 bits per heavy atom. The van der Waals surface area contributed by atoms with Gasteiger partial charge < -0.3 is 4.74 Å². The second kappa shape index (κ2) is 6.33. The van der Waals surface area contributed by atoms with Crippen molar-refractivity contribution in [2.45, 2.75) is 0 Å². The Morgan fingerprint density at radius 3 is 2.50 bits per heavy atom. The van der Waals surface area contributed by atoms with Crippen LogP contribution in [0.3, 0.4) is 0 Å². The molecule has 0 fully saturated rings. The Hall–Kier alpha value is -2.89. The number of pyridine rings is 1. The molecule has 6 heteroatoms. The first-order valence-electron chi connectivity index (χ1n) is 5.86. The minimum absolute atomic E-state index is 0.335. The number of carbonyl (C=O) groups excluding carboxylic acids is 2. The Labute approximate surface area is 115 Å². The highest BCUT2D eigenvalue weighted by molar-refractivity contribution is 6.00. The second-order valence-corrected chi connectivity index (χ2v) is 3.85. The Balaban J connectivity index is 2.01. The number of hydrogen-bond donors (Lipinski definition) is 2. The number of rotatable bonds is 3. The number of methoxy groups -OCH3 is 1. The summed E-state index contributed by atoms with van der Waals surface area (Å²) >= 11 is 0. The van der Waals surface area contributed by atoms with E-state index >= 15 is 0 Å². The van der Waals surface area contributed by atoms with Crippen LogP contribution < -0.4 is 15.6 Å². The molecule has 0 saturated carbocycles. The number of nitrogens with one attached hydrogen (secondary N) is 2. The van der Waals surface area contributed by atoms with Gasteiger partial charge in [-0.3, -0.25) is 25.4 Å². The van der Waals surface area contributed by atoms with Gasteiger partial charge in [-0.15, -0.1) is 0 Å². The minimum Gasteiger partial charge on any atom is -0.496 e. The molecule has 6 nitrogen and oxygen atoms in total. The zero-order chi connectivity index (χ0) is 14.4. The Morgan fingerprint density at radius 1 is 1.05 bits per heavy atom. The lowest BCUT2D eigenvalue weighted by Crippen LogP contribution is -2.41. The number of aromatic nitrogens is 1. The third-order valence-corrected chi connectivity index (χ3v) is 2.56. The van der Waals surface area contributed by atoms with Gasteiger partial charge in [0.15, 0.2) is 0 Å². The van der Waals surface area contributed by atoms with E-state index in [1.807, 2.05) is 0 Å². The predicted octanol–water partition coefficient (Wildman–Crippen LogP) is 1.17. The van der Waals surface area contributed by atoms with Crippen molar-refractivity contribution >= 4 is 11.8 Å². The van der Waals surface area contributed by atoms with E-state index in [-0.39, 0.29) is 0 Å². The number of nitrogens with zero attached hydrogens (tertiary/aromatic N) is 1. The van der Waals surface area contributed by atoms with Crippen molar-refractivity contribution in [3.05, 3.63) is 59.9 Å². The molecule has 1 aromatic carbocycles. The molecule has 1 heterocycles. The first-order valence-corrected chi connectivity index (χ1v) is 5.86. The average molecular weight is 271 g/mol. The molecule has 0 aliphatic carbocycles. The van der Waals surface area contributed by atoms with Gasteiger partial charge in [0.25, 0.3) is 11.8 Å². The zero-order valence-electron chi connectivity index (χ0n) is 10.8. The lowest BCUT2D eigenvalue weighted by Gasteiger charge is -2.09. The lowest BCUT2D eigenvalue weighted by molar-refractivity contribution is 0.0844. The average Bonchev–Trinajstić information content (AvgIpc) is 2.53. The fraction of sp³-hybridized carbons (Fsp3) is 0.0714. The molecule has 0 atom stereocenters. The van der Waals surface area contributed by atoms with E-state index in [4.69, 9.17) is 4.74 Å². The van der Waals surface area contributed by atoms with Gasteiger partial charge in [-0.25, -0.2) is 0 Å².